The van der Waals surface area contributed by atoms with Gasteiger partial charge < -0.3 is 25.4 Å². The Balaban J connectivity index is 1.45. The van der Waals surface area contributed by atoms with Crippen LogP contribution in [-0.4, -0.2) is 53.2 Å². The van der Waals surface area contributed by atoms with Crippen LogP contribution in [0.4, 0.5) is 15.9 Å². The molecule has 1 atom stereocenters. The van der Waals surface area contributed by atoms with Crippen LogP contribution in [0.3, 0.4) is 0 Å². The van der Waals surface area contributed by atoms with E-state index in [-0.39, 0.29) is 29.3 Å². The Hall–Kier alpha value is -3.53. The highest BCUT2D eigenvalue weighted by atomic mass is 19.1. The van der Waals surface area contributed by atoms with E-state index in [9.17, 15) is 4.39 Å². The highest BCUT2D eigenvalue weighted by Gasteiger charge is 2.54. The normalized spacial score (nSPS) is 19.4. The minimum absolute atomic E-state index is 0.0868. The summed E-state index contributed by atoms with van der Waals surface area (Å²) >= 11 is 0. The van der Waals surface area contributed by atoms with Crippen molar-refractivity contribution in [1.29, 1.82) is 0 Å². The Morgan fingerprint density at radius 1 is 1.18 bits per heavy atom. The number of ether oxygens (including phenoxy) is 2. The Morgan fingerprint density at radius 2 is 1.97 bits per heavy atom. The number of fused-ring (bicyclic) bond motifs is 3. The van der Waals surface area contributed by atoms with Crippen molar-refractivity contribution in [3.8, 4) is 28.9 Å². The molecule has 2 aliphatic carbocycles. The lowest BCUT2D eigenvalue weighted by Gasteiger charge is -2.21. The van der Waals surface area contributed by atoms with Crippen LogP contribution in [0.25, 0.3) is 11.1 Å². The molecule has 1 saturated heterocycles. The Morgan fingerprint density at radius 3 is 2.64 bits per heavy atom. The van der Waals surface area contributed by atoms with E-state index >= 15 is 0 Å². The van der Waals surface area contributed by atoms with Gasteiger partial charge in [0.1, 0.15) is 11.6 Å². The fourth-order valence-corrected chi connectivity index (χ4v) is 5.00. The van der Waals surface area contributed by atoms with Crippen LogP contribution in [0.5, 0.6) is 17.8 Å². The summed E-state index contributed by atoms with van der Waals surface area (Å²) in [5.41, 5.74) is 10.9. The van der Waals surface area contributed by atoms with Gasteiger partial charge in [0, 0.05) is 49.3 Å². The molecule has 1 spiro atoms. The second-order valence-electron chi connectivity index (χ2n) is 8.91. The predicted octanol–water partition coefficient (Wildman–Crippen LogP) is 2.75. The van der Waals surface area contributed by atoms with Gasteiger partial charge in [-0.15, -0.1) is 0 Å². The van der Waals surface area contributed by atoms with Gasteiger partial charge in [0.05, 0.1) is 25.2 Å². The lowest BCUT2D eigenvalue weighted by molar-refractivity contribution is 0.373. The summed E-state index contributed by atoms with van der Waals surface area (Å²) in [6.07, 6.45) is 5.82. The molecule has 10 heteroatoms. The second kappa shape index (κ2) is 7.24. The van der Waals surface area contributed by atoms with Crippen LogP contribution < -0.4 is 25.4 Å². The molecule has 2 fully saturated rings. The molecular weight excluding hydrogens is 425 g/mol. The summed E-state index contributed by atoms with van der Waals surface area (Å²) in [4.78, 5) is 19.8. The van der Waals surface area contributed by atoms with E-state index in [1.54, 1.807) is 13.1 Å². The fraction of sp³-hybridized carbons (Fsp3) is 0.391. The monoisotopic (exact) mass is 449 g/mol. The number of nitrogens with two attached hydrogens (primary N) is 1. The first-order valence-electron chi connectivity index (χ1n) is 11.0. The van der Waals surface area contributed by atoms with Gasteiger partial charge in [0.2, 0.25) is 0 Å². The molecule has 1 aliphatic heterocycles. The summed E-state index contributed by atoms with van der Waals surface area (Å²) < 4.78 is 25.4. The molecule has 3 heterocycles. The molecule has 0 bridgehead atoms. The van der Waals surface area contributed by atoms with Crippen LogP contribution in [0, 0.1) is 11.2 Å². The minimum atomic E-state index is -0.301. The number of benzene rings is 1. The van der Waals surface area contributed by atoms with Gasteiger partial charge in [0.15, 0.2) is 5.75 Å². The Kier molecular flexibility index (Phi) is 4.41. The van der Waals surface area contributed by atoms with E-state index in [2.05, 4.69) is 25.2 Å². The standard InChI is InChI=1S/C23H24FN7O2/c1-26-16-6-12(24)5-15-14(16)7-17-19(15)20(31-10-18(25)23(11-31)3-4-23)30-22(29-17)33-13-8-27-21(32-2)28-9-13/h5-6,8-9,18,26H,3-4,7,10-11,25H2,1-2H3/t18-/m0/s1. The Bertz CT molecular complexity index is 1250. The number of aromatic nitrogens is 4. The van der Waals surface area contributed by atoms with E-state index in [1.165, 1.54) is 25.6 Å². The zero-order chi connectivity index (χ0) is 22.7. The summed E-state index contributed by atoms with van der Waals surface area (Å²) in [7, 11) is 3.29. The maximum Gasteiger partial charge on any atom is 0.324 e. The van der Waals surface area contributed by atoms with Crippen molar-refractivity contribution in [2.24, 2.45) is 11.1 Å². The fourth-order valence-electron chi connectivity index (χ4n) is 5.00. The number of hydrogen-bond acceptors (Lipinski definition) is 9. The lowest BCUT2D eigenvalue weighted by Crippen LogP contribution is -2.30. The van der Waals surface area contributed by atoms with Crippen molar-refractivity contribution in [2.45, 2.75) is 25.3 Å². The van der Waals surface area contributed by atoms with E-state index in [1.807, 2.05) is 0 Å². The van der Waals surface area contributed by atoms with E-state index in [4.69, 9.17) is 20.2 Å². The van der Waals surface area contributed by atoms with Crippen LogP contribution >= 0.6 is 0 Å². The van der Waals surface area contributed by atoms with E-state index < -0.39 is 0 Å². The zero-order valence-corrected chi connectivity index (χ0v) is 18.4. The maximum absolute atomic E-state index is 14.5. The average molecular weight is 449 g/mol. The molecule has 1 saturated carbocycles. The first kappa shape index (κ1) is 20.1. The predicted molar refractivity (Wildman–Crippen MR) is 120 cm³/mol. The molecule has 0 amide bonds. The summed E-state index contributed by atoms with van der Waals surface area (Å²) in [6, 6.07) is 3.60. The number of halogens is 1. The topological polar surface area (TPSA) is 111 Å². The third-order valence-corrected chi connectivity index (χ3v) is 6.94. The first-order chi connectivity index (χ1) is 16.0. The number of anilines is 2. The van der Waals surface area contributed by atoms with Crippen molar-refractivity contribution >= 4 is 11.5 Å². The van der Waals surface area contributed by atoms with Gasteiger partial charge in [-0.2, -0.15) is 19.9 Å². The molecule has 170 valence electrons. The maximum atomic E-state index is 14.5. The third kappa shape index (κ3) is 3.24. The molecular formula is C23H24FN7O2. The smallest absolute Gasteiger partial charge is 0.324 e. The van der Waals surface area contributed by atoms with Gasteiger partial charge in [-0.1, -0.05) is 0 Å². The van der Waals surface area contributed by atoms with Crippen molar-refractivity contribution in [1.82, 2.24) is 19.9 Å². The third-order valence-electron chi connectivity index (χ3n) is 6.94. The second-order valence-corrected chi connectivity index (χ2v) is 8.91. The van der Waals surface area contributed by atoms with Crippen molar-refractivity contribution < 1.29 is 13.9 Å². The summed E-state index contributed by atoms with van der Waals surface area (Å²) in [5.74, 6) is 0.829. The number of methoxy groups -OCH3 is 1. The molecule has 2 aromatic heterocycles. The van der Waals surface area contributed by atoms with Crippen molar-refractivity contribution in [3.63, 3.8) is 0 Å². The van der Waals surface area contributed by atoms with Gasteiger partial charge >= 0.3 is 12.0 Å². The summed E-state index contributed by atoms with van der Waals surface area (Å²) in [6.45, 7) is 1.52. The minimum Gasteiger partial charge on any atom is -0.467 e. The average Bonchev–Trinajstić information content (AvgIpc) is 3.40. The highest BCUT2D eigenvalue weighted by Crippen LogP contribution is 2.54. The number of rotatable bonds is 5. The molecule has 6 rings (SSSR count). The quantitative estimate of drug-likeness (QED) is 0.475. The van der Waals surface area contributed by atoms with Gasteiger partial charge in [-0.05, 0) is 36.1 Å². The number of nitrogens with one attached hydrogen (secondary N) is 1. The molecule has 9 nitrogen and oxygen atoms in total. The van der Waals surface area contributed by atoms with E-state index in [0.29, 0.717) is 18.7 Å². The molecule has 3 aromatic rings. The number of nitrogens with zero attached hydrogens (tertiary/aromatic N) is 5. The van der Waals surface area contributed by atoms with E-state index in [0.717, 1.165) is 53.3 Å². The largest absolute Gasteiger partial charge is 0.467 e. The van der Waals surface area contributed by atoms with Crippen LogP contribution in [0.2, 0.25) is 0 Å². The van der Waals surface area contributed by atoms with Crippen LogP contribution in [0.15, 0.2) is 24.5 Å². The molecule has 0 radical (unpaired) electrons. The zero-order valence-electron chi connectivity index (χ0n) is 18.4. The molecule has 33 heavy (non-hydrogen) atoms. The lowest BCUT2D eigenvalue weighted by atomic mass is 10.0. The molecule has 3 N–H and O–H groups in total. The van der Waals surface area contributed by atoms with Crippen molar-refractivity contribution in [3.05, 3.63) is 41.6 Å². The van der Waals surface area contributed by atoms with Crippen molar-refractivity contribution in [2.75, 3.05) is 37.5 Å². The molecule has 0 unspecified atom stereocenters. The summed E-state index contributed by atoms with van der Waals surface area (Å²) in [5, 5.41) is 3.11. The Labute approximate surface area is 190 Å². The highest BCUT2D eigenvalue weighted by molar-refractivity contribution is 5.88. The molecule has 1 aromatic carbocycles. The number of hydrogen-bond donors (Lipinski definition) is 2. The van der Waals surface area contributed by atoms with Gasteiger partial charge in [-0.3, -0.25) is 0 Å². The van der Waals surface area contributed by atoms with Crippen LogP contribution in [-0.2, 0) is 6.42 Å². The van der Waals surface area contributed by atoms with Gasteiger partial charge in [-0.25, -0.2) is 4.39 Å². The van der Waals surface area contributed by atoms with Gasteiger partial charge in [0.25, 0.3) is 0 Å². The SMILES string of the molecule is CNc1cc(F)cc2c1Cc1nc(Oc3cnc(OC)nc3)nc(N3C[C@H](N)C4(CC4)C3)c1-2. The first-order valence-corrected chi connectivity index (χ1v) is 11.0. The van der Waals surface area contributed by atoms with Crippen LogP contribution in [0.1, 0.15) is 24.1 Å². The molecule has 3 aliphatic rings.